The molecule has 1 N–H and O–H groups in total. The molecule has 0 saturated heterocycles. The molecule has 0 aliphatic carbocycles. The summed E-state index contributed by atoms with van der Waals surface area (Å²) in [5.74, 6) is 0.953. The molecule has 0 fully saturated rings. The first-order valence-electron chi connectivity index (χ1n) is 16.5. The quantitative estimate of drug-likeness (QED) is 0.150. The number of carbonyl (C=O) groups excluding carboxylic acids is 1. The highest BCUT2D eigenvalue weighted by molar-refractivity contribution is 6.08. The van der Waals surface area contributed by atoms with E-state index in [1.165, 1.54) is 0 Å². The van der Waals surface area contributed by atoms with Crippen molar-refractivity contribution >= 4 is 22.5 Å². The predicted octanol–water partition coefficient (Wildman–Crippen LogP) is 9.92. The van der Waals surface area contributed by atoms with Gasteiger partial charge in [0, 0.05) is 22.7 Å². The van der Waals surface area contributed by atoms with Crippen molar-refractivity contribution < 1.29 is 19.4 Å². The van der Waals surface area contributed by atoms with Crippen LogP contribution in [-0.2, 0) is 19.8 Å². The zero-order chi connectivity index (χ0) is 34.3. The van der Waals surface area contributed by atoms with Crippen LogP contribution in [0.25, 0.3) is 22.2 Å². The van der Waals surface area contributed by atoms with Crippen molar-refractivity contribution in [2.24, 2.45) is 0 Å². The zero-order valence-electron chi connectivity index (χ0n) is 27.7. The number of para-hydroxylation sites is 1. The van der Waals surface area contributed by atoms with E-state index >= 15 is 0 Å². The van der Waals surface area contributed by atoms with Crippen molar-refractivity contribution in [2.45, 2.75) is 26.7 Å². The van der Waals surface area contributed by atoms with Gasteiger partial charge in [0.1, 0.15) is 30.5 Å². The van der Waals surface area contributed by atoms with Gasteiger partial charge in [0.2, 0.25) is 0 Å². The third-order valence-corrected chi connectivity index (χ3v) is 8.56. The smallest absolute Gasteiger partial charge is 0.262 e. The second-order valence-electron chi connectivity index (χ2n) is 12.2. The molecule has 7 rings (SSSR count). The number of phenolic OH excluding ortho intramolecular Hbond substituents is 1. The Bertz CT molecular complexity index is 2220. The van der Waals surface area contributed by atoms with E-state index in [1.807, 2.05) is 121 Å². The molecule has 7 aromatic rings. The van der Waals surface area contributed by atoms with Crippen LogP contribution in [0.5, 0.6) is 17.2 Å². The van der Waals surface area contributed by atoms with Crippen LogP contribution in [0, 0.1) is 6.92 Å². The van der Waals surface area contributed by atoms with Crippen molar-refractivity contribution in [3.63, 3.8) is 0 Å². The summed E-state index contributed by atoms with van der Waals surface area (Å²) in [5.41, 5.74) is 7.86. The number of anilines is 1. The largest absolute Gasteiger partial charge is 0.508 e. The second kappa shape index (κ2) is 14.8. The molecule has 50 heavy (non-hydrogen) atoms. The van der Waals surface area contributed by atoms with Gasteiger partial charge < -0.3 is 19.5 Å². The minimum Gasteiger partial charge on any atom is -0.508 e. The fourth-order valence-corrected chi connectivity index (χ4v) is 5.89. The van der Waals surface area contributed by atoms with Gasteiger partial charge in [-0.2, -0.15) is 0 Å². The number of fused-ring (bicyclic) bond motifs is 1. The molecule has 246 valence electrons. The number of amides is 1. The van der Waals surface area contributed by atoms with Crippen LogP contribution in [0.1, 0.15) is 32.6 Å². The summed E-state index contributed by atoms with van der Waals surface area (Å²) in [4.78, 5) is 21.3. The molecule has 0 radical (unpaired) electrons. The predicted molar refractivity (Wildman–Crippen MR) is 199 cm³/mol. The average molecular weight is 657 g/mol. The van der Waals surface area contributed by atoms with Gasteiger partial charge in [0.05, 0.1) is 23.3 Å². The molecule has 1 heterocycles. The fraction of sp³-hybridized carbons (Fsp3) is 0.0909. The number of aryl methyl sites for hydroxylation is 1. The van der Waals surface area contributed by atoms with E-state index in [1.54, 1.807) is 29.2 Å². The topological polar surface area (TPSA) is 71.9 Å². The second-order valence-corrected chi connectivity index (χ2v) is 12.2. The molecule has 0 aliphatic rings. The number of benzene rings is 6. The zero-order valence-corrected chi connectivity index (χ0v) is 27.7. The lowest BCUT2D eigenvalue weighted by Crippen LogP contribution is -2.30. The number of carbonyl (C=O) groups is 1. The summed E-state index contributed by atoms with van der Waals surface area (Å²) in [6, 6.07) is 50.2. The normalized spacial score (nSPS) is 10.9. The van der Waals surface area contributed by atoms with E-state index in [0.717, 1.165) is 44.4 Å². The Labute approximate surface area is 291 Å². The molecule has 6 heteroatoms. The standard InChI is InChI=1S/C44H36N2O4/c1-31-26-36-14-8-9-15-41(36)45-43(31)35-18-20-37(21-19-35)46(28-32-16-22-38(47)23-17-32)44(48)40-25-24-39(49-29-33-10-4-2-5-11-33)27-42(40)50-30-34-12-6-3-7-13-34/h2-27,47H,28-30H2,1H3. The molecular weight excluding hydrogens is 620 g/mol. The lowest BCUT2D eigenvalue weighted by Gasteiger charge is -2.25. The lowest BCUT2D eigenvalue weighted by atomic mass is 10.0. The van der Waals surface area contributed by atoms with Crippen molar-refractivity contribution in [1.82, 2.24) is 4.98 Å². The van der Waals surface area contributed by atoms with Crippen molar-refractivity contribution in [3.8, 4) is 28.5 Å². The maximum absolute atomic E-state index is 14.6. The highest BCUT2D eigenvalue weighted by Gasteiger charge is 2.23. The molecule has 0 spiro atoms. The molecule has 1 aromatic heterocycles. The number of rotatable bonds is 11. The van der Waals surface area contributed by atoms with Crippen LogP contribution >= 0.6 is 0 Å². The Balaban J connectivity index is 1.23. The molecule has 1 amide bonds. The number of hydrogen-bond acceptors (Lipinski definition) is 5. The summed E-state index contributed by atoms with van der Waals surface area (Å²) in [5, 5.41) is 11.0. The number of hydrogen-bond donors (Lipinski definition) is 1. The third-order valence-electron chi connectivity index (χ3n) is 8.56. The van der Waals surface area contributed by atoms with E-state index in [-0.39, 0.29) is 24.8 Å². The van der Waals surface area contributed by atoms with Gasteiger partial charge in [0.25, 0.3) is 5.91 Å². The van der Waals surface area contributed by atoms with Gasteiger partial charge >= 0.3 is 0 Å². The highest BCUT2D eigenvalue weighted by atomic mass is 16.5. The van der Waals surface area contributed by atoms with Gasteiger partial charge in [-0.05, 0) is 77.7 Å². The van der Waals surface area contributed by atoms with Gasteiger partial charge in [-0.3, -0.25) is 4.79 Å². The van der Waals surface area contributed by atoms with Crippen molar-refractivity contribution in [3.05, 3.63) is 186 Å². The number of aromatic nitrogens is 1. The Kier molecular flexibility index (Phi) is 9.51. The van der Waals surface area contributed by atoms with Gasteiger partial charge in [-0.25, -0.2) is 4.98 Å². The van der Waals surface area contributed by atoms with Crippen LogP contribution in [0.15, 0.2) is 158 Å². The summed E-state index contributed by atoms with van der Waals surface area (Å²) in [6.07, 6.45) is 0. The summed E-state index contributed by atoms with van der Waals surface area (Å²) in [6.45, 7) is 3.01. The maximum Gasteiger partial charge on any atom is 0.262 e. The van der Waals surface area contributed by atoms with Gasteiger partial charge in [0.15, 0.2) is 0 Å². The van der Waals surface area contributed by atoms with Crippen molar-refractivity contribution in [2.75, 3.05) is 4.90 Å². The van der Waals surface area contributed by atoms with E-state index in [9.17, 15) is 9.90 Å². The molecular formula is C44H36N2O4. The Morgan fingerprint density at radius 1 is 0.660 bits per heavy atom. The highest BCUT2D eigenvalue weighted by Crippen LogP contribution is 2.32. The van der Waals surface area contributed by atoms with Crippen molar-refractivity contribution in [1.29, 1.82) is 0 Å². The summed E-state index contributed by atoms with van der Waals surface area (Å²) >= 11 is 0. The van der Waals surface area contributed by atoms with Crippen LogP contribution in [0.3, 0.4) is 0 Å². The van der Waals surface area contributed by atoms with Crippen LogP contribution < -0.4 is 14.4 Å². The van der Waals surface area contributed by atoms with E-state index < -0.39 is 0 Å². The van der Waals surface area contributed by atoms with Crippen LogP contribution in [0.2, 0.25) is 0 Å². The third kappa shape index (κ3) is 7.50. The Morgan fingerprint density at radius 3 is 2.00 bits per heavy atom. The first-order chi connectivity index (χ1) is 24.5. The number of aromatic hydroxyl groups is 1. The fourth-order valence-electron chi connectivity index (χ4n) is 5.89. The Hall–Kier alpha value is -6.40. The molecule has 6 aromatic carbocycles. The Morgan fingerprint density at radius 2 is 1.30 bits per heavy atom. The minimum absolute atomic E-state index is 0.164. The first kappa shape index (κ1) is 32.2. The molecule has 0 unspecified atom stereocenters. The molecule has 6 nitrogen and oxygen atoms in total. The summed E-state index contributed by atoms with van der Waals surface area (Å²) < 4.78 is 12.5. The van der Waals surface area contributed by atoms with E-state index in [0.29, 0.717) is 29.4 Å². The van der Waals surface area contributed by atoms with E-state index in [2.05, 4.69) is 19.1 Å². The monoisotopic (exact) mass is 656 g/mol. The number of ether oxygens (including phenoxy) is 2. The SMILES string of the molecule is Cc1cc2ccccc2nc1-c1ccc(N(Cc2ccc(O)cc2)C(=O)c2ccc(OCc3ccccc3)cc2OCc2ccccc2)cc1. The maximum atomic E-state index is 14.6. The van der Waals surface area contributed by atoms with Gasteiger partial charge in [-0.15, -0.1) is 0 Å². The van der Waals surface area contributed by atoms with E-state index in [4.69, 9.17) is 14.5 Å². The molecule has 0 bridgehead atoms. The minimum atomic E-state index is -0.233. The van der Waals surface area contributed by atoms with Gasteiger partial charge in [-0.1, -0.05) is 103 Å². The molecule has 0 atom stereocenters. The van der Waals surface area contributed by atoms with Crippen LogP contribution in [0.4, 0.5) is 5.69 Å². The van der Waals surface area contributed by atoms with Crippen LogP contribution in [-0.4, -0.2) is 16.0 Å². The molecule has 0 saturated carbocycles. The average Bonchev–Trinajstić information content (AvgIpc) is 3.16. The molecule has 0 aliphatic heterocycles. The first-order valence-corrected chi connectivity index (χ1v) is 16.5. The summed E-state index contributed by atoms with van der Waals surface area (Å²) in [7, 11) is 0. The number of nitrogens with zero attached hydrogens (tertiary/aromatic N) is 2. The lowest BCUT2D eigenvalue weighted by molar-refractivity contribution is 0.0980. The number of pyridine rings is 1. The number of phenols is 1.